The minimum absolute atomic E-state index is 0.127. The standard InChI is InChI=1S/C15H22BrN3O/c1-15(17,11-4-6-12(16)7-5-11)14(20)19-10-8-13-3-2-9-18-13/h4-7,13,18H,2-3,8-10,17H2,1H3,(H,19,20)/t13-,15?/m1/s1. The summed E-state index contributed by atoms with van der Waals surface area (Å²) >= 11 is 3.38. The summed E-state index contributed by atoms with van der Waals surface area (Å²) < 4.78 is 0.977. The largest absolute Gasteiger partial charge is 0.354 e. The number of benzene rings is 1. The minimum atomic E-state index is -0.996. The third-order valence-corrected chi connectivity index (χ3v) is 4.38. The zero-order chi connectivity index (χ0) is 14.6. The van der Waals surface area contributed by atoms with Crippen molar-refractivity contribution in [3.8, 4) is 0 Å². The van der Waals surface area contributed by atoms with Crippen LogP contribution in [0, 0.1) is 0 Å². The van der Waals surface area contributed by atoms with Crippen LogP contribution >= 0.6 is 15.9 Å². The van der Waals surface area contributed by atoms with E-state index in [2.05, 4.69) is 26.6 Å². The first kappa shape index (κ1) is 15.5. The van der Waals surface area contributed by atoms with Crippen molar-refractivity contribution in [2.24, 2.45) is 5.73 Å². The lowest BCUT2D eigenvalue weighted by atomic mass is 9.92. The molecular formula is C15H22BrN3O. The molecule has 0 bridgehead atoms. The second kappa shape index (κ2) is 6.70. The van der Waals surface area contributed by atoms with Crippen molar-refractivity contribution in [3.05, 3.63) is 34.3 Å². The smallest absolute Gasteiger partial charge is 0.244 e. The summed E-state index contributed by atoms with van der Waals surface area (Å²) in [6.45, 7) is 3.51. The van der Waals surface area contributed by atoms with E-state index >= 15 is 0 Å². The van der Waals surface area contributed by atoms with E-state index < -0.39 is 5.54 Å². The topological polar surface area (TPSA) is 67.2 Å². The first-order valence-electron chi connectivity index (χ1n) is 7.07. The fourth-order valence-corrected chi connectivity index (χ4v) is 2.74. The van der Waals surface area contributed by atoms with Gasteiger partial charge in [-0.1, -0.05) is 28.1 Å². The molecule has 0 radical (unpaired) electrons. The van der Waals surface area contributed by atoms with Crippen molar-refractivity contribution < 1.29 is 4.79 Å². The van der Waals surface area contributed by atoms with Crippen LogP contribution in [0.25, 0.3) is 0 Å². The molecule has 1 aromatic carbocycles. The second-order valence-electron chi connectivity index (χ2n) is 5.55. The maximum Gasteiger partial charge on any atom is 0.244 e. The summed E-state index contributed by atoms with van der Waals surface area (Å²) in [6, 6.07) is 8.09. The predicted octanol–water partition coefficient (Wildman–Crippen LogP) is 1.88. The van der Waals surface area contributed by atoms with Crippen LogP contribution in [-0.2, 0) is 10.3 Å². The van der Waals surface area contributed by atoms with Crippen molar-refractivity contribution >= 4 is 21.8 Å². The van der Waals surface area contributed by atoms with Crippen LogP contribution in [0.2, 0.25) is 0 Å². The van der Waals surface area contributed by atoms with Gasteiger partial charge in [-0.05, 0) is 50.4 Å². The highest BCUT2D eigenvalue weighted by molar-refractivity contribution is 9.10. The molecule has 0 aromatic heterocycles. The van der Waals surface area contributed by atoms with Crippen LogP contribution in [0.1, 0.15) is 31.7 Å². The first-order valence-corrected chi connectivity index (χ1v) is 7.86. The number of nitrogens with two attached hydrogens (primary N) is 1. The van der Waals surface area contributed by atoms with Gasteiger partial charge in [-0.3, -0.25) is 4.79 Å². The van der Waals surface area contributed by atoms with Gasteiger partial charge in [0.05, 0.1) is 0 Å². The highest BCUT2D eigenvalue weighted by Crippen LogP contribution is 2.20. The molecule has 1 aliphatic heterocycles. The molecule has 1 aliphatic rings. The Bertz CT molecular complexity index is 453. The van der Waals surface area contributed by atoms with Gasteiger partial charge in [0, 0.05) is 17.1 Å². The number of carbonyl (C=O) groups is 1. The third kappa shape index (κ3) is 3.81. The van der Waals surface area contributed by atoms with Gasteiger partial charge < -0.3 is 16.4 Å². The van der Waals surface area contributed by atoms with E-state index in [9.17, 15) is 4.79 Å². The highest BCUT2D eigenvalue weighted by Gasteiger charge is 2.30. The van der Waals surface area contributed by atoms with Gasteiger partial charge in [0.2, 0.25) is 5.91 Å². The number of hydrogen-bond donors (Lipinski definition) is 3. The van der Waals surface area contributed by atoms with Gasteiger partial charge in [-0.2, -0.15) is 0 Å². The van der Waals surface area contributed by atoms with Crippen LogP contribution in [0.15, 0.2) is 28.7 Å². The Morgan fingerprint density at radius 3 is 2.80 bits per heavy atom. The van der Waals surface area contributed by atoms with Crippen molar-refractivity contribution in [1.29, 1.82) is 0 Å². The van der Waals surface area contributed by atoms with E-state index in [1.807, 2.05) is 24.3 Å². The average Bonchev–Trinajstić information content (AvgIpc) is 2.92. The molecular weight excluding hydrogens is 318 g/mol. The molecule has 0 spiro atoms. The van der Waals surface area contributed by atoms with Gasteiger partial charge in [0.25, 0.3) is 0 Å². The predicted molar refractivity (Wildman–Crippen MR) is 84.3 cm³/mol. The Morgan fingerprint density at radius 1 is 1.50 bits per heavy atom. The van der Waals surface area contributed by atoms with E-state index in [4.69, 9.17) is 5.73 Å². The zero-order valence-corrected chi connectivity index (χ0v) is 13.4. The van der Waals surface area contributed by atoms with Crippen molar-refractivity contribution in [1.82, 2.24) is 10.6 Å². The lowest BCUT2D eigenvalue weighted by molar-refractivity contribution is -0.126. The van der Waals surface area contributed by atoms with E-state index in [0.717, 1.165) is 23.0 Å². The SMILES string of the molecule is CC(N)(C(=O)NCC[C@H]1CCCN1)c1ccc(Br)cc1. The Morgan fingerprint density at radius 2 is 2.20 bits per heavy atom. The van der Waals surface area contributed by atoms with E-state index in [-0.39, 0.29) is 5.91 Å². The van der Waals surface area contributed by atoms with E-state index in [1.54, 1.807) is 6.92 Å². The lowest BCUT2D eigenvalue weighted by Crippen LogP contribution is -2.49. The van der Waals surface area contributed by atoms with Gasteiger partial charge in [-0.15, -0.1) is 0 Å². The van der Waals surface area contributed by atoms with Crippen molar-refractivity contribution in [3.63, 3.8) is 0 Å². The van der Waals surface area contributed by atoms with Crippen molar-refractivity contribution in [2.75, 3.05) is 13.1 Å². The molecule has 2 atom stereocenters. The fraction of sp³-hybridized carbons (Fsp3) is 0.533. The van der Waals surface area contributed by atoms with Gasteiger partial charge in [0.15, 0.2) is 0 Å². The summed E-state index contributed by atoms with van der Waals surface area (Å²) in [4.78, 5) is 12.3. The quantitative estimate of drug-likeness (QED) is 0.767. The van der Waals surface area contributed by atoms with Gasteiger partial charge >= 0.3 is 0 Å². The first-order chi connectivity index (χ1) is 9.50. The highest BCUT2D eigenvalue weighted by atomic mass is 79.9. The molecule has 110 valence electrons. The van der Waals surface area contributed by atoms with Crippen LogP contribution in [0.3, 0.4) is 0 Å². The normalized spacial score (nSPS) is 21.4. The lowest BCUT2D eigenvalue weighted by Gasteiger charge is -2.24. The Balaban J connectivity index is 1.87. The second-order valence-corrected chi connectivity index (χ2v) is 6.46. The molecule has 2 rings (SSSR count). The number of rotatable bonds is 5. The van der Waals surface area contributed by atoms with E-state index in [1.165, 1.54) is 12.8 Å². The minimum Gasteiger partial charge on any atom is -0.354 e. The van der Waals surface area contributed by atoms with E-state index in [0.29, 0.717) is 12.6 Å². The summed E-state index contributed by atoms with van der Waals surface area (Å²) in [6.07, 6.45) is 3.39. The number of carbonyl (C=O) groups excluding carboxylic acids is 1. The fourth-order valence-electron chi connectivity index (χ4n) is 2.47. The average molecular weight is 340 g/mol. The number of amides is 1. The number of hydrogen-bond acceptors (Lipinski definition) is 3. The molecule has 20 heavy (non-hydrogen) atoms. The summed E-state index contributed by atoms with van der Waals surface area (Å²) in [5, 5.41) is 6.37. The van der Waals surface area contributed by atoms with Crippen LogP contribution in [-0.4, -0.2) is 25.0 Å². The van der Waals surface area contributed by atoms with Crippen LogP contribution < -0.4 is 16.4 Å². The Labute approximate surface area is 128 Å². The molecule has 5 heteroatoms. The molecule has 1 unspecified atom stereocenters. The number of nitrogens with one attached hydrogen (secondary N) is 2. The summed E-state index contributed by atoms with van der Waals surface area (Å²) in [7, 11) is 0. The monoisotopic (exact) mass is 339 g/mol. The zero-order valence-electron chi connectivity index (χ0n) is 11.8. The molecule has 1 saturated heterocycles. The maximum atomic E-state index is 12.3. The van der Waals surface area contributed by atoms with Crippen LogP contribution in [0.5, 0.6) is 0 Å². The summed E-state index contributed by atoms with van der Waals surface area (Å²) in [5.74, 6) is -0.127. The molecule has 0 aliphatic carbocycles. The molecule has 4 nitrogen and oxygen atoms in total. The molecule has 4 N–H and O–H groups in total. The third-order valence-electron chi connectivity index (χ3n) is 3.86. The molecule has 1 amide bonds. The van der Waals surface area contributed by atoms with Gasteiger partial charge in [0.1, 0.15) is 5.54 Å². The Hall–Kier alpha value is -0.910. The molecule has 1 aromatic rings. The molecule has 1 heterocycles. The number of halogens is 1. The summed E-state index contributed by atoms with van der Waals surface area (Å²) in [5.41, 5.74) is 6.00. The van der Waals surface area contributed by atoms with Crippen LogP contribution in [0.4, 0.5) is 0 Å². The maximum absolute atomic E-state index is 12.3. The Kier molecular flexibility index (Phi) is 5.18. The molecule has 0 saturated carbocycles. The van der Waals surface area contributed by atoms with Gasteiger partial charge in [-0.25, -0.2) is 0 Å². The molecule has 1 fully saturated rings. The van der Waals surface area contributed by atoms with Crippen molar-refractivity contribution in [2.45, 2.75) is 37.8 Å².